The van der Waals surface area contributed by atoms with E-state index in [4.69, 9.17) is 5.73 Å². The fourth-order valence-corrected chi connectivity index (χ4v) is 3.07. The molecule has 1 aliphatic rings. The van der Waals surface area contributed by atoms with E-state index in [1.165, 1.54) is 6.07 Å². The lowest BCUT2D eigenvalue weighted by molar-refractivity contribution is -0.184. The Hall–Kier alpha value is -0.620. The minimum absolute atomic E-state index is 0.0259. The molecule has 1 nitrogen and oxygen atoms in total. The highest BCUT2D eigenvalue weighted by Crippen LogP contribution is 2.41. The predicted octanol–water partition coefficient (Wildman–Crippen LogP) is 4.58. The molecule has 0 unspecified atom stereocenters. The number of benzene rings is 1. The molecular formula is C14H16BrF4N. The quantitative estimate of drug-likeness (QED) is 0.773. The summed E-state index contributed by atoms with van der Waals surface area (Å²) in [5.41, 5.74) is 5.88. The highest BCUT2D eigenvalue weighted by atomic mass is 79.9. The van der Waals surface area contributed by atoms with E-state index in [-0.39, 0.29) is 37.9 Å². The van der Waals surface area contributed by atoms with Gasteiger partial charge in [0.05, 0.1) is 5.92 Å². The van der Waals surface area contributed by atoms with E-state index >= 15 is 0 Å². The van der Waals surface area contributed by atoms with Gasteiger partial charge >= 0.3 is 6.18 Å². The number of halogens is 5. The van der Waals surface area contributed by atoms with Crippen LogP contribution in [0.4, 0.5) is 17.6 Å². The molecule has 0 saturated heterocycles. The molecule has 0 bridgehead atoms. The lowest BCUT2D eigenvalue weighted by atomic mass is 9.74. The summed E-state index contributed by atoms with van der Waals surface area (Å²) in [7, 11) is 0. The van der Waals surface area contributed by atoms with Gasteiger partial charge < -0.3 is 5.73 Å². The second kappa shape index (κ2) is 5.64. The largest absolute Gasteiger partial charge is 0.391 e. The van der Waals surface area contributed by atoms with Gasteiger partial charge in [0.25, 0.3) is 0 Å². The molecule has 1 aliphatic carbocycles. The maximum absolute atomic E-state index is 13.8. The van der Waals surface area contributed by atoms with E-state index in [9.17, 15) is 17.6 Å². The van der Waals surface area contributed by atoms with Crippen LogP contribution in [0.1, 0.15) is 31.2 Å². The van der Waals surface area contributed by atoms with Crippen molar-refractivity contribution in [1.82, 2.24) is 0 Å². The van der Waals surface area contributed by atoms with Crippen LogP contribution in [-0.4, -0.2) is 11.7 Å². The van der Waals surface area contributed by atoms with E-state index in [0.29, 0.717) is 10.0 Å². The van der Waals surface area contributed by atoms with Crippen molar-refractivity contribution in [3.8, 4) is 0 Å². The predicted molar refractivity (Wildman–Crippen MR) is 72.7 cm³/mol. The minimum atomic E-state index is -4.15. The summed E-state index contributed by atoms with van der Waals surface area (Å²) >= 11 is 3.17. The number of rotatable bonds is 2. The van der Waals surface area contributed by atoms with Crippen molar-refractivity contribution in [1.29, 1.82) is 0 Å². The van der Waals surface area contributed by atoms with Gasteiger partial charge in [-0.1, -0.05) is 22.0 Å². The van der Waals surface area contributed by atoms with Gasteiger partial charge in [-0.3, -0.25) is 0 Å². The molecule has 6 heteroatoms. The van der Waals surface area contributed by atoms with Crippen molar-refractivity contribution < 1.29 is 17.6 Å². The summed E-state index contributed by atoms with van der Waals surface area (Å²) in [4.78, 5) is 0. The van der Waals surface area contributed by atoms with Crippen molar-refractivity contribution >= 4 is 15.9 Å². The number of alkyl halides is 3. The Morgan fingerprint density at radius 1 is 1.25 bits per heavy atom. The molecule has 2 rings (SSSR count). The average molecular weight is 354 g/mol. The monoisotopic (exact) mass is 353 g/mol. The molecule has 112 valence electrons. The number of nitrogens with two attached hydrogens (primary N) is 1. The van der Waals surface area contributed by atoms with Crippen LogP contribution < -0.4 is 5.73 Å². The second-order valence-corrected chi connectivity index (χ2v) is 6.51. The van der Waals surface area contributed by atoms with Crippen molar-refractivity contribution in [3.05, 3.63) is 34.1 Å². The van der Waals surface area contributed by atoms with E-state index in [1.54, 1.807) is 12.1 Å². The topological polar surface area (TPSA) is 26.0 Å². The molecule has 1 aromatic carbocycles. The summed E-state index contributed by atoms with van der Waals surface area (Å²) in [6, 6.07) is 4.69. The Kier molecular flexibility index (Phi) is 4.44. The van der Waals surface area contributed by atoms with Crippen LogP contribution in [0.2, 0.25) is 0 Å². The zero-order valence-electron chi connectivity index (χ0n) is 10.8. The van der Waals surface area contributed by atoms with E-state index in [0.717, 1.165) is 0 Å². The zero-order valence-corrected chi connectivity index (χ0v) is 12.4. The summed E-state index contributed by atoms with van der Waals surface area (Å²) in [5.74, 6) is -1.64. The van der Waals surface area contributed by atoms with Gasteiger partial charge in [0.2, 0.25) is 0 Å². The van der Waals surface area contributed by atoms with Crippen LogP contribution >= 0.6 is 15.9 Å². The standard InChI is InChI=1S/C14H16BrF4N/c15-11-2-1-9(12(16)7-11)8-13(20)5-3-10(4-6-13)14(17,18)19/h1-2,7,10H,3-6,8,20H2. The van der Waals surface area contributed by atoms with Crippen LogP contribution in [0, 0.1) is 11.7 Å². The third-order valence-corrected chi connectivity index (χ3v) is 4.50. The molecule has 0 aliphatic heterocycles. The maximum Gasteiger partial charge on any atom is 0.391 e. The van der Waals surface area contributed by atoms with Crippen LogP contribution in [0.5, 0.6) is 0 Å². The van der Waals surface area contributed by atoms with Crippen LogP contribution in [0.25, 0.3) is 0 Å². The van der Waals surface area contributed by atoms with E-state index < -0.39 is 17.6 Å². The van der Waals surface area contributed by atoms with E-state index in [1.807, 2.05) is 0 Å². The van der Waals surface area contributed by atoms with Gasteiger partial charge in [0, 0.05) is 10.0 Å². The Labute approximate surface area is 123 Å². The first kappa shape index (κ1) is 15.8. The highest BCUT2D eigenvalue weighted by Gasteiger charge is 2.44. The Morgan fingerprint density at radius 2 is 1.85 bits per heavy atom. The summed E-state index contributed by atoms with van der Waals surface area (Å²) in [6.07, 6.45) is -3.28. The van der Waals surface area contributed by atoms with E-state index in [2.05, 4.69) is 15.9 Å². The van der Waals surface area contributed by atoms with Gasteiger partial charge in [-0.2, -0.15) is 13.2 Å². The second-order valence-electron chi connectivity index (χ2n) is 5.59. The molecule has 0 radical (unpaired) electrons. The molecule has 20 heavy (non-hydrogen) atoms. The normalized spacial score (nSPS) is 27.6. The smallest absolute Gasteiger partial charge is 0.325 e. The van der Waals surface area contributed by atoms with Crippen LogP contribution in [0.3, 0.4) is 0 Å². The van der Waals surface area contributed by atoms with Crippen molar-refractivity contribution in [2.75, 3.05) is 0 Å². The van der Waals surface area contributed by atoms with Gasteiger partial charge in [-0.15, -0.1) is 0 Å². The highest BCUT2D eigenvalue weighted by molar-refractivity contribution is 9.10. The van der Waals surface area contributed by atoms with Crippen LogP contribution in [-0.2, 0) is 6.42 Å². The first-order chi connectivity index (χ1) is 9.20. The fraction of sp³-hybridized carbons (Fsp3) is 0.571. The molecule has 1 saturated carbocycles. The fourth-order valence-electron chi connectivity index (χ4n) is 2.74. The Morgan fingerprint density at radius 3 is 2.35 bits per heavy atom. The first-order valence-electron chi connectivity index (χ1n) is 6.49. The summed E-state index contributed by atoms with van der Waals surface area (Å²) in [5, 5.41) is 0. The van der Waals surface area contributed by atoms with Gasteiger partial charge in [0.15, 0.2) is 0 Å². The van der Waals surface area contributed by atoms with Crippen molar-refractivity contribution in [3.63, 3.8) is 0 Å². The lowest BCUT2D eigenvalue weighted by Crippen LogP contribution is -2.47. The van der Waals surface area contributed by atoms with Gasteiger partial charge in [-0.25, -0.2) is 4.39 Å². The number of hydrogen-bond acceptors (Lipinski definition) is 1. The molecular weight excluding hydrogens is 338 g/mol. The molecule has 2 N–H and O–H groups in total. The van der Waals surface area contributed by atoms with Crippen LogP contribution in [0.15, 0.2) is 22.7 Å². The molecule has 1 fully saturated rings. The minimum Gasteiger partial charge on any atom is -0.325 e. The molecule has 0 heterocycles. The number of hydrogen-bond donors (Lipinski definition) is 1. The zero-order chi connectivity index (χ0) is 15.0. The Bertz CT molecular complexity index is 479. The Balaban J connectivity index is 2.03. The summed E-state index contributed by atoms with van der Waals surface area (Å²) < 4.78 is 52.3. The third-order valence-electron chi connectivity index (χ3n) is 4.00. The average Bonchev–Trinajstić information content (AvgIpc) is 2.32. The molecule has 0 aromatic heterocycles. The molecule has 0 amide bonds. The SMILES string of the molecule is NC1(Cc2ccc(Br)cc2F)CCC(C(F)(F)F)CC1. The maximum atomic E-state index is 13.8. The van der Waals surface area contributed by atoms with Gasteiger partial charge in [-0.05, 0) is 49.8 Å². The molecule has 0 spiro atoms. The first-order valence-corrected chi connectivity index (χ1v) is 7.28. The molecule has 1 aromatic rings. The van der Waals surface area contributed by atoms with Crippen molar-refractivity contribution in [2.24, 2.45) is 11.7 Å². The van der Waals surface area contributed by atoms with Gasteiger partial charge in [0.1, 0.15) is 5.82 Å². The third kappa shape index (κ3) is 3.73. The molecule has 0 atom stereocenters. The lowest BCUT2D eigenvalue weighted by Gasteiger charge is -2.38. The summed E-state index contributed by atoms with van der Waals surface area (Å²) in [6.45, 7) is 0. The van der Waals surface area contributed by atoms with Crippen molar-refractivity contribution in [2.45, 2.75) is 43.8 Å².